The highest BCUT2D eigenvalue weighted by atomic mass is 16.5. The predicted molar refractivity (Wildman–Crippen MR) is 113 cm³/mol. The maximum absolute atomic E-state index is 12.8. The van der Waals surface area contributed by atoms with Gasteiger partial charge in [0.1, 0.15) is 17.3 Å². The third kappa shape index (κ3) is 3.56. The highest BCUT2D eigenvalue weighted by Gasteiger charge is 2.29. The quantitative estimate of drug-likeness (QED) is 0.646. The van der Waals surface area contributed by atoms with Gasteiger partial charge in [0.05, 0.1) is 19.9 Å². The first-order chi connectivity index (χ1) is 14.5. The summed E-state index contributed by atoms with van der Waals surface area (Å²) < 4.78 is 18.6. The van der Waals surface area contributed by atoms with Crippen LogP contribution in [0.15, 0.2) is 28.8 Å². The van der Waals surface area contributed by atoms with E-state index in [4.69, 9.17) is 13.9 Å². The van der Waals surface area contributed by atoms with Crippen molar-refractivity contribution in [3.05, 3.63) is 52.6 Å². The van der Waals surface area contributed by atoms with Crippen molar-refractivity contribution in [2.45, 2.75) is 39.7 Å². The Balaban J connectivity index is 1.49. The molecular formula is C23H27N3O4. The molecule has 1 amide bonds. The van der Waals surface area contributed by atoms with E-state index >= 15 is 0 Å². The Kier molecular flexibility index (Phi) is 5.53. The fourth-order valence-electron chi connectivity index (χ4n) is 4.01. The number of fused-ring (bicyclic) bond motifs is 3. The molecule has 2 heterocycles. The molecule has 1 aromatic carbocycles. The van der Waals surface area contributed by atoms with Gasteiger partial charge in [0.25, 0.3) is 5.91 Å². The molecule has 0 fully saturated rings. The van der Waals surface area contributed by atoms with Crippen molar-refractivity contribution >= 4 is 5.91 Å². The van der Waals surface area contributed by atoms with Gasteiger partial charge in [-0.25, -0.2) is 0 Å². The molecule has 7 nitrogen and oxygen atoms in total. The second kappa shape index (κ2) is 8.26. The SMILES string of the molecule is CCn1cc2c(n1)-c1c(oc(C(=O)NCCc3cc(OC)ccc3OC)c1C)CC2. The Labute approximate surface area is 176 Å². The van der Waals surface area contributed by atoms with E-state index in [1.807, 2.05) is 29.8 Å². The number of benzene rings is 1. The van der Waals surface area contributed by atoms with Crippen LogP contribution in [0.1, 0.15) is 39.9 Å². The zero-order valence-electron chi connectivity index (χ0n) is 17.9. The molecule has 2 aromatic heterocycles. The molecule has 30 heavy (non-hydrogen) atoms. The molecule has 1 N–H and O–H groups in total. The number of aromatic nitrogens is 2. The van der Waals surface area contributed by atoms with Gasteiger partial charge in [-0.15, -0.1) is 0 Å². The molecule has 0 saturated heterocycles. The smallest absolute Gasteiger partial charge is 0.287 e. The van der Waals surface area contributed by atoms with Crippen LogP contribution < -0.4 is 14.8 Å². The first-order valence-corrected chi connectivity index (χ1v) is 10.2. The summed E-state index contributed by atoms with van der Waals surface area (Å²) in [4.78, 5) is 12.8. The monoisotopic (exact) mass is 409 g/mol. The van der Waals surface area contributed by atoms with Crippen molar-refractivity contribution in [1.29, 1.82) is 0 Å². The van der Waals surface area contributed by atoms with Crippen molar-refractivity contribution in [1.82, 2.24) is 15.1 Å². The number of nitrogens with zero attached hydrogens (tertiary/aromatic N) is 2. The summed E-state index contributed by atoms with van der Waals surface area (Å²) in [6.07, 6.45) is 4.38. The Bertz CT molecular complexity index is 1080. The largest absolute Gasteiger partial charge is 0.497 e. The molecule has 7 heteroatoms. The molecule has 0 radical (unpaired) electrons. The lowest BCUT2D eigenvalue weighted by molar-refractivity contribution is 0.0923. The molecule has 4 rings (SSSR count). The normalized spacial score (nSPS) is 12.3. The zero-order chi connectivity index (χ0) is 21.3. The summed E-state index contributed by atoms with van der Waals surface area (Å²) in [5, 5.41) is 7.65. The maximum atomic E-state index is 12.8. The highest BCUT2D eigenvalue weighted by molar-refractivity contribution is 5.95. The summed E-state index contributed by atoms with van der Waals surface area (Å²) >= 11 is 0. The van der Waals surface area contributed by atoms with Crippen LogP contribution in [0.4, 0.5) is 0 Å². The molecule has 1 aliphatic carbocycles. The van der Waals surface area contributed by atoms with E-state index in [9.17, 15) is 4.79 Å². The standard InChI is InChI=1S/C23H27N3O4/c1-5-26-13-16-6-8-19-20(21(16)25-26)14(2)22(30-19)23(27)24-11-10-15-12-17(28-3)7-9-18(15)29-4/h7,9,12-13H,5-6,8,10-11H2,1-4H3,(H,24,27). The number of aryl methyl sites for hydroxylation is 3. The number of ether oxygens (including phenoxy) is 2. The van der Waals surface area contributed by atoms with E-state index < -0.39 is 0 Å². The minimum atomic E-state index is -0.208. The summed E-state index contributed by atoms with van der Waals surface area (Å²) in [6, 6.07) is 5.65. The average molecular weight is 409 g/mol. The number of carbonyl (C=O) groups is 1. The van der Waals surface area contributed by atoms with Gasteiger partial charge in [-0.2, -0.15) is 5.10 Å². The summed E-state index contributed by atoms with van der Waals surface area (Å²) in [7, 11) is 3.26. The number of methoxy groups -OCH3 is 2. The number of hydrogen-bond acceptors (Lipinski definition) is 5. The fourth-order valence-corrected chi connectivity index (χ4v) is 4.01. The molecule has 0 atom stereocenters. The van der Waals surface area contributed by atoms with E-state index in [1.165, 1.54) is 5.56 Å². The number of furan rings is 1. The van der Waals surface area contributed by atoms with Crippen LogP contribution in [0, 0.1) is 6.92 Å². The van der Waals surface area contributed by atoms with E-state index in [-0.39, 0.29) is 5.91 Å². The van der Waals surface area contributed by atoms with E-state index in [1.54, 1.807) is 14.2 Å². The summed E-state index contributed by atoms with van der Waals surface area (Å²) in [6.45, 7) is 5.28. The van der Waals surface area contributed by atoms with Gasteiger partial charge in [0.15, 0.2) is 5.76 Å². The van der Waals surface area contributed by atoms with Crippen LogP contribution in [-0.4, -0.2) is 36.5 Å². The van der Waals surface area contributed by atoms with Crippen LogP contribution in [0.2, 0.25) is 0 Å². The molecule has 158 valence electrons. The van der Waals surface area contributed by atoms with Crippen molar-refractivity contribution in [2.75, 3.05) is 20.8 Å². The van der Waals surface area contributed by atoms with Crippen LogP contribution >= 0.6 is 0 Å². The summed E-state index contributed by atoms with van der Waals surface area (Å²) in [5.74, 6) is 2.54. The van der Waals surface area contributed by atoms with Crippen molar-refractivity contribution in [2.24, 2.45) is 0 Å². The van der Waals surface area contributed by atoms with Gasteiger partial charge in [0.2, 0.25) is 0 Å². The molecule has 0 spiro atoms. The molecule has 3 aromatic rings. The minimum absolute atomic E-state index is 0.208. The van der Waals surface area contributed by atoms with Crippen molar-refractivity contribution in [3.63, 3.8) is 0 Å². The van der Waals surface area contributed by atoms with E-state index in [2.05, 4.69) is 23.5 Å². The Hall–Kier alpha value is -3.22. The lowest BCUT2D eigenvalue weighted by Crippen LogP contribution is -2.26. The second-order valence-electron chi connectivity index (χ2n) is 7.40. The van der Waals surface area contributed by atoms with Crippen molar-refractivity contribution in [3.8, 4) is 22.8 Å². The first-order valence-electron chi connectivity index (χ1n) is 10.2. The third-order valence-corrected chi connectivity index (χ3v) is 5.61. The topological polar surface area (TPSA) is 78.5 Å². The van der Waals surface area contributed by atoms with Gasteiger partial charge >= 0.3 is 0 Å². The molecule has 0 aliphatic heterocycles. The lowest BCUT2D eigenvalue weighted by Gasteiger charge is -2.11. The second-order valence-corrected chi connectivity index (χ2v) is 7.40. The number of hydrogen-bond donors (Lipinski definition) is 1. The number of carbonyl (C=O) groups excluding carboxylic acids is 1. The summed E-state index contributed by atoms with van der Waals surface area (Å²) in [5.41, 5.74) is 4.96. The van der Waals surface area contributed by atoms with Crippen LogP contribution in [0.5, 0.6) is 11.5 Å². The van der Waals surface area contributed by atoms with Gasteiger partial charge in [0, 0.05) is 36.8 Å². The minimum Gasteiger partial charge on any atom is -0.497 e. The Morgan fingerprint density at radius 1 is 1.27 bits per heavy atom. The predicted octanol–water partition coefficient (Wildman–Crippen LogP) is 3.56. The number of nitrogens with one attached hydrogen (secondary N) is 1. The van der Waals surface area contributed by atoms with Crippen LogP contribution in [-0.2, 0) is 25.8 Å². The molecule has 1 aliphatic rings. The van der Waals surface area contributed by atoms with Gasteiger partial charge < -0.3 is 19.2 Å². The van der Waals surface area contributed by atoms with Crippen molar-refractivity contribution < 1.29 is 18.7 Å². The van der Waals surface area contributed by atoms with E-state index in [0.29, 0.717) is 18.7 Å². The maximum Gasteiger partial charge on any atom is 0.287 e. The average Bonchev–Trinajstić information content (AvgIpc) is 3.34. The molecule has 0 saturated carbocycles. The van der Waals surface area contributed by atoms with E-state index in [0.717, 1.165) is 59.0 Å². The van der Waals surface area contributed by atoms with Gasteiger partial charge in [-0.05, 0) is 56.0 Å². The molecule has 0 bridgehead atoms. The van der Waals surface area contributed by atoms with Gasteiger partial charge in [-0.1, -0.05) is 0 Å². The first kappa shape index (κ1) is 20.1. The Morgan fingerprint density at radius 2 is 2.10 bits per heavy atom. The number of rotatable bonds is 7. The Morgan fingerprint density at radius 3 is 2.83 bits per heavy atom. The van der Waals surface area contributed by atoms with Gasteiger partial charge in [-0.3, -0.25) is 9.48 Å². The molecular weight excluding hydrogens is 382 g/mol. The highest BCUT2D eigenvalue weighted by Crippen LogP contribution is 2.38. The zero-order valence-corrected chi connectivity index (χ0v) is 17.9. The third-order valence-electron chi connectivity index (χ3n) is 5.61. The fraction of sp³-hybridized carbons (Fsp3) is 0.391. The lowest BCUT2D eigenvalue weighted by atomic mass is 9.93. The van der Waals surface area contributed by atoms with Crippen LogP contribution in [0.3, 0.4) is 0 Å². The number of amides is 1. The molecule has 0 unspecified atom stereocenters. The van der Waals surface area contributed by atoms with Crippen LogP contribution in [0.25, 0.3) is 11.3 Å².